The van der Waals surface area contributed by atoms with Gasteiger partial charge >= 0.3 is 0 Å². The van der Waals surface area contributed by atoms with Crippen molar-refractivity contribution in [1.29, 1.82) is 0 Å². The largest absolute Gasteiger partial charge is 0.496 e. The number of anilines is 1. The smallest absolute Gasteiger partial charge is 0.296 e. The van der Waals surface area contributed by atoms with Crippen LogP contribution in [0.1, 0.15) is 20.3 Å². The van der Waals surface area contributed by atoms with Gasteiger partial charge in [-0.25, -0.2) is 0 Å². The summed E-state index contributed by atoms with van der Waals surface area (Å²) in [5.41, 5.74) is 0.317. The number of carbonyl (C=O) groups excluding carboxylic acids is 1. The first-order chi connectivity index (χ1) is 10.0. The van der Waals surface area contributed by atoms with Crippen molar-refractivity contribution < 1.29 is 14.5 Å². The molecule has 1 N–H and O–H groups in total. The molecule has 0 radical (unpaired) electrons. The molecule has 0 aliphatic heterocycles. The summed E-state index contributed by atoms with van der Waals surface area (Å²) < 4.78 is 4.97. The van der Waals surface area contributed by atoms with Gasteiger partial charge in [-0.15, -0.1) is 0 Å². The van der Waals surface area contributed by atoms with Gasteiger partial charge in [-0.2, -0.15) is 0 Å². The van der Waals surface area contributed by atoms with Gasteiger partial charge in [0.25, 0.3) is 5.69 Å². The molecule has 7 nitrogen and oxygen atoms in total. The number of benzene rings is 1. The Bertz CT molecular complexity index is 501. The molecule has 0 bridgehead atoms. The molecule has 0 aliphatic carbocycles. The van der Waals surface area contributed by atoms with Crippen LogP contribution in [0.2, 0.25) is 0 Å². The molecule has 0 heterocycles. The fourth-order valence-electron chi connectivity index (χ4n) is 1.98. The van der Waals surface area contributed by atoms with Gasteiger partial charge in [0.15, 0.2) is 0 Å². The molecule has 116 valence electrons. The van der Waals surface area contributed by atoms with E-state index >= 15 is 0 Å². The molecule has 7 heteroatoms. The number of nitrogens with zero attached hydrogens (tertiary/aromatic N) is 2. The van der Waals surface area contributed by atoms with Crippen molar-refractivity contribution in [2.75, 3.05) is 32.1 Å². The maximum Gasteiger partial charge on any atom is 0.296 e. The topological polar surface area (TPSA) is 84.7 Å². The third-order valence-corrected chi connectivity index (χ3v) is 3.17. The van der Waals surface area contributed by atoms with E-state index in [0.717, 1.165) is 0 Å². The third kappa shape index (κ3) is 4.62. The van der Waals surface area contributed by atoms with Crippen LogP contribution in [0.5, 0.6) is 5.75 Å². The number of carbonyl (C=O) groups is 1. The number of nitrogens with one attached hydrogen (secondary N) is 1. The van der Waals surface area contributed by atoms with Crippen LogP contribution in [0, 0.1) is 10.1 Å². The molecule has 0 spiro atoms. The molecule has 0 fully saturated rings. The van der Waals surface area contributed by atoms with E-state index in [9.17, 15) is 14.9 Å². The molecule has 1 aromatic carbocycles. The standard InChI is InChI=1S/C14H21N3O4/c1-4-16(5-2)14(18)8-9-15-12-7-6-11(21-3)10-13(12)17(19)20/h6-7,10,15H,4-5,8-9H2,1-3H3. The minimum absolute atomic E-state index is 0.0312. The van der Waals surface area contributed by atoms with E-state index in [-0.39, 0.29) is 11.6 Å². The average molecular weight is 295 g/mol. The molecule has 1 amide bonds. The normalized spacial score (nSPS) is 10.0. The first kappa shape index (κ1) is 16.7. The number of rotatable bonds is 8. The van der Waals surface area contributed by atoms with Gasteiger partial charge in [0.2, 0.25) is 5.91 Å². The van der Waals surface area contributed by atoms with Crippen LogP contribution >= 0.6 is 0 Å². The molecule has 0 aliphatic rings. The van der Waals surface area contributed by atoms with Crippen LogP contribution in [0.15, 0.2) is 18.2 Å². The van der Waals surface area contributed by atoms with Crippen LogP contribution in [0.4, 0.5) is 11.4 Å². The predicted octanol–water partition coefficient (Wildman–Crippen LogP) is 2.27. The van der Waals surface area contributed by atoms with Gasteiger partial charge in [-0.05, 0) is 26.0 Å². The monoisotopic (exact) mass is 295 g/mol. The van der Waals surface area contributed by atoms with Crippen LogP contribution < -0.4 is 10.1 Å². The summed E-state index contributed by atoms with van der Waals surface area (Å²) in [6, 6.07) is 4.58. The number of hydrogen-bond donors (Lipinski definition) is 1. The van der Waals surface area contributed by atoms with E-state index in [1.54, 1.807) is 17.0 Å². The molecular formula is C14H21N3O4. The number of methoxy groups -OCH3 is 1. The maximum absolute atomic E-state index is 11.8. The molecule has 21 heavy (non-hydrogen) atoms. The average Bonchev–Trinajstić information content (AvgIpc) is 2.48. The summed E-state index contributed by atoms with van der Waals surface area (Å²) in [6.07, 6.45) is 0.296. The lowest BCUT2D eigenvalue weighted by atomic mass is 10.2. The van der Waals surface area contributed by atoms with Crippen molar-refractivity contribution in [1.82, 2.24) is 4.90 Å². The highest BCUT2D eigenvalue weighted by atomic mass is 16.6. The second-order valence-electron chi connectivity index (χ2n) is 4.38. The minimum Gasteiger partial charge on any atom is -0.496 e. The van der Waals surface area contributed by atoms with E-state index in [2.05, 4.69) is 5.32 Å². The summed E-state index contributed by atoms with van der Waals surface area (Å²) in [6.45, 7) is 5.52. The fraction of sp³-hybridized carbons (Fsp3) is 0.500. The highest BCUT2D eigenvalue weighted by Gasteiger charge is 2.15. The van der Waals surface area contributed by atoms with Gasteiger partial charge in [-0.3, -0.25) is 14.9 Å². The number of hydrogen-bond acceptors (Lipinski definition) is 5. The van der Waals surface area contributed by atoms with E-state index in [1.807, 2.05) is 13.8 Å². The highest BCUT2D eigenvalue weighted by molar-refractivity contribution is 5.77. The summed E-state index contributed by atoms with van der Waals surface area (Å²) in [5, 5.41) is 14.0. The summed E-state index contributed by atoms with van der Waals surface area (Å²) in [5.74, 6) is 0.454. The van der Waals surface area contributed by atoms with Crippen LogP contribution in [-0.4, -0.2) is 42.5 Å². The van der Waals surface area contributed by atoms with E-state index in [1.165, 1.54) is 13.2 Å². The zero-order chi connectivity index (χ0) is 15.8. The Morgan fingerprint density at radius 1 is 1.38 bits per heavy atom. The number of nitro groups is 1. The Balaban J connectivity index is 2.67. The first-order valence-electron chi connectivity index (χ1n) is 6.87. The lowest BCUT2D eigenvalue weighted by Crippen LogP contribution is -2.31. The van der Waals surface area contributed by atoms with Crippen molar-refractivity contribution in [3.8, 4) is 5.75 Å². The van der Waals surface area contributed by atoms with E-state index in [4.69, 9.17) is 4.74 Å². The van der Waals surface area contributed by atoms with Crippen molar-refractivity contribution >= 4 is 17.3 Å². The molecule has 0 unspecified atom stereocenters. The highest BCUT2D eigenvalue weighted by Crippen LogP contribution is 2.28. The number of amides is 1. The van der Waals surface area contributed by atoms with Gasteiger partial charge < -0.3 is 15.0 Å². The van der Waals surface area contributed by atoms with Gasteiger partial charge in [0, 0.05) is 26.1 Å². The van der Waals surface area contributed by atoms with Gasteiger partial charge in [-0.1, -0.05) is 0 Å². The third-order valence-electron chi connectivity index (χ3n) is 3.17. The molecule has 1 rings (SSSR count). The molecule has 0 saturated heterocycles. The van der Waals surface area contributed by atoms with Crippen LogP contribution in [0.3, 0.4) is 0 Å². The van der Waals surface area contributed by atoms with Gasteiger partial charge in [0.1, 0.15) is 11.4 Å². The maximum atomic E-state index is 11.8. The molecule has 0 aromatic heterocycles. The van der Waals surface area contributed by atoms with Crippen LogP contribution in [-0.2, 0) is 4.79 Å². The Hall–Kier alpha value is -2.31. The van der Waals surface area contributed by atoms with E-state index in [0.29, 0.717) is 37.5 Å². The first-order valence-corrected chi connectivity index (χ1v) is 6.87. The summed E-state index contributed by atoms with van der Waals surface area (Å²) >= 11 is 0. The lowest BCUT2D eigenvalue weighted by molar-refractivity contribution is -0.384. The van der Waals surface area contributed by atoms with Crippen molar-refractivity contribution in [3.05, 3.63) is 28.3 Å². The van der Waals surface area contributed by atoms with Crippen molar-refractivity contribution in [2.45, 2.75) is 20.3 Å². The Kier molecular flexibility index (Phi) is 6.45. The zero-order valence-corrected chi connectivity index (χ0v) is 12.6. The summed E-state index contributed by atoms with van der Waals surface area (Å²) in [7, 11) is 1.45. The molecular weight excluding hydrogens is 274 g/mol. The molecule has 0 saturated carbocycles. The second kappa shape index (κ2) is 8.08. The van der Waals surface area contributed by atoms with Crippen molar-refractivity contribution in [3.63, 3.8) is 0 Å². The van der Waals surface area contributed by atoms with E-state index < -0.39 is 4.92 Å². The Morgan fingerprint density at radius 3 is 2.57 bits per heavy atom. The Labute approximate surface area is 124 Å². The zero-order valence-electron chi connectivity index (χ0n) is 12.6. The molecule has 1 aromatic rings. The Morgan fingerprint density at radius 2 is 2.05 bits per heavy atom. The minimum atomic E-state index is -0.475. The predicted molar refractivity (Wildman–Crippen MR) is 80.7 cm³/mol. The summed E-state index contributed by atoms with van der Waals surface area (Å²) in [4.78, 5) is 24.1. The number of nitro benzene ring substituents is 1. The number of ether oxygens (including phenoxy) is 1. The SMILES string of the molecule is CCN(CC)C(=O)CCNc1ccc(OC)cc1[N+](=O)[O-]. The second-order valence-corrected chi connectivity index (χ2v) is 4.38. The van der Waals surface area contributed by atoms with Crippen LogP contribution in [0.25, 0.3) is 0 Å². The molecule has 0 atom stereocenters. The van der Waals surface area contributed by atoms with Gasteiger partial charge in [0.05, 0.1) is 18.1 Å². The fourth-order valence-corrected chi connectivity index (χ4v) is 1.98. The lowest BCUT2D eigenvalue weighted by Gasteiger charge is -2.18. The van der Waals surface area contributed by atoms with Crippen molar-refractivity contribution in [2.24, 2.45) is 0 Å². The quantitative estimate of drug-likeness (QED) is 0.587.